The topological polar surface area (TPSA) is 69.6 Å². The lowest BCUT2D eigenvalue weighted by molar-refractivity contribution is -0.117. The van der Waals surface area contributed by atoms with Gasteiger partial charge in [0.2, 0.25) is 0 Å². The van der Waals surface area contributed by atoms with Crippen LogP contribution in [0.1, 0.15) is 18.9 Å². The Balaban J connectivity index is 2.48. The summed E-state index contributed by atoms with van der Waals surface area (Å²) in [4.78, 5) is 23.5. The lowest BCUT2D eigenvalue weighted by atomic mass is 10.2. The van der Waals surface area contributed by atoms with E-state index in [0.717, 1.165) is 12.1 Å². The number of Topliss-reactive ketones (excluding diaryl/α,β-unsaturated/α-hetero) is 1. The molecule has 1 aromatic carbocycles. The number of nitrogens with zero attached hydrogens (tertiary/aromatic N) is 1. The summed E-state index contributed by atoms with van der Waals surface area (Å²) in [6.07, 6.45) is -0.536. The third kappa shape index (κ3) is 7.21. The third-order valence-electron chi connectivity index (χ3n) is 2.73. The number of carboxylic acid groups (broad SMARTS) is 1. The van der Waals surface area contributed by atoms with E-state index in [-0.39, 0.29) is 5.78 Å². The van der Waals surface area contributed by atoms with Crippen LogP contribution in [0.5, 0.6) is 0 Å². The summed E-state index contributed by atoms with van der Waals surface area (Å²) < 4.78 is 0. The maximum absolute atomic E-state index is 11.0. The molecule has 19 heavy (non-hydrogen) atoms. The van der Waals surface area contributed by atoms with Crippen LogP contribution in [0.2, 0.25) is 0 Å². The molecule has 0 radical (unpaired) electrons. The molecule has 1 rings (SSSR count). The lowest BCUT2D eigenvalue weighted by Crippen LogP contribution is -2.35. The minimum absolute atomic E-state index is 0.143. The first-order chi connectivity index (χ1) is 9.08. The molecule has 0 bridgehead atoms. The summed E-state index contributed by atoms with van der Waals surface area (Å²) in [6.45, 7) is 3.88. The molecule has 0 atom stereocenters. The van der Waals surface area contributed by atoms with Gasteiger partial charge in [0.25, 0.3) is 0 Å². The number of carbonyl (C=O) groups is 2. The monoisotopic (exact) mass is 264 g/mol. The molecule has 1 aromatic rings. The van der Waals surface area contributed by atoms with E-state index in [0.29, 0.717) is 26.1 Å². The molecular formula is C14H20N2O3. The van der Waals surface area contributed by atoms with Crippen molar-refractivity contribution in [2.75, 3.05) is 19.6 Å². The molecule has 0 spiro atoms. The maximum atomic E-state index is 11.0. The zero-order valence-corrected chi connectivity index (χ0v) is 11.1. The molecule has 0 aliphatic heterocycles. The van der Waals surface area contributed by atoms with Gasteiger partial charge in [0.15, 0.2) is 0 Å². The predicted octanol–water partition coefficient (Wildman–Crippen LogP) is 1.74. The molecule has 1 amide bonds. The molecule has 0 aromatic heterocycles. The van der Waals surface area contributed by atoms with E-state index < -0.39 is 6.09 Å². The summed E-state index contributed by atoms with van der Waals surface area (Å²) in [5.41, 5.74) is 1.15. The Bertz CT molecular complexity index is 406. The summed E-state index contributed by atoms with van der Waals surface area (Å²) in [5, 5.41) is 10.9. The molecule has 0 saturated carbocycles. The number of benzene rings is 1. The first kappa shape index (κ1) is 15.2. The van der Waals surface area contributed by atoms with E-state index in [2.05, 4.69) is 10.2 Å². The van der Waals surface area contributed by atoms with E-state index >= 15 is 0 Å². The second-order valence-corrected chi connectivity index (χ2v) is 4.45. The van der Waals surface area contributed by atoms with Crippen molar-refractivity contribution >= 4 is 11.9 Å². The van der Waals surface area contributed by atoms with E-state index in [9.17, 15) is 9.59 Å². The molecule has 2 N–H and O–H groups in total. The average molecular weight is 264 g/mol. The molecule has 104 valence electrons. The number of ketones is 1. The van der Waals surface area contributed by atoms with Crippen LogP contribution in [0.25, 0.3) is 0 Å². The number of hydrogen-bond acceptors (Lipinski definition) is 3. The Labute approximate surface area is 113 Å². The van der Waals surface area contributed by atoms with Crippen LogP contribution in [-0.4, -0.2) is 41.5 Å². The van der Waals surface area contributed by atoms with Gasteiger partial charge in [0.05, 0.1) is 0 Å². The van der Waals surface area contributed by atoms with Gasteiger partial charge in [0, 0.05) is 32.6 Å². The van der Waals surface area contributed by atoms with Crippen molar-refractivity contribution in [2.24, 2.45) is 0 Å². The minimum Gasteiger partial charge on any atom is -0.465 e. The van der Waals surface area contributed by atoms with Gasteiger partial charge in [-0.1, -0.05) is 30.3 Å². The van der Waals surface area contributed by atoms with Gasteiger partial charge in [0.1, 0.15) is 5.78 Å². The van der Waals surface area contributed by atoms with E-state index in [1.54, 1.807) is 6.92 Å². The molecule has 0 aliphatic rings. The SMILES string of the molecule is CC(=O)CCN(CCNC(=O)O)Cc1ccccc1. The van der Waals surface area contributed by atoms with Crippen LogP contribution in [-0.2, 0) is 11.3 Å². The van der Waals surface area contributed by atoms with Gasteiger partial charge in [-0.2, -0.15) is 0 Å². The fourth-order valence-corrected chi connectivity index (χ4v) is 1.75. The quantitative estimate of drug-likeness (QED) is 0.750. The number of nitrogens with one attached hydrogen (secondary N) is 1. The molecule has 0 heterocycles. The van der Waals surface area contributed by atoms with Crippen molar-refractivity contribution in [3.05, 3.63) is 35.9 Å². The van der Waals surface area contributed by atoms with Crippen molar-refractivity contribution in [1.29, 1.82) is 0 Å². The maximum Gasteiger partial charge on any atom is 0.404 e. The molecule has 5 heteroatoms. The number of carbonyl (C=O) groups excluding carboxylic acids is 1. The van der Waals surface area contributed by atoms with Crippen LogP contribution in [0.4, 0.5) is 4.79 Å². The van der Waals surface area contributed by atoms with Gasteiger partial charge in [-0.15, -0.1) is 0 Å². The highest BCUT2D eigenvalue weighted by Crippen LogP contribution is 2.04. The highest BCUT2D eigenvalue weighted by atomic mass is 16.4. The van der Waals surface area contributed by atoms with Gasteiger partial charge < -0.3 is 10.4 Å². The molecule has 0 unspecified atom stereocenters. The first-order valence-electron chi connectivity index (χ1n) is 6.30. The molecule has 0 fully saturated rings. The standard InChI is InChI=1S/C14H20N2O3/c1-12(17)7-9-16(10-8-15-14(18)19)11-13-5-3-2-4-6-13/h2-6,15H,7-11H2,1H3,(H,18,19). The van der Waals surface area contributed by atoms with Crippen molar-refractivity contribution in [1.82, 2.24) is 10.2 Å². The Morgan fingerprint density at radius 1 is 1.21 bits per heavy atom. The summed E-state index contributed by atoms with van der Waals surface area (Å²) in [7, 11) is 0. The van der Waals surface area contributed by atoms with Gasteiger partial charge >= 0.3 is 6.09 Å². The Kier molecular flexibility index (Phi) is 6.60. The summed E-state index contributed by atoms with van der Waals surface area (Å²) >= 11 is 0. The van der Waals surface area contributed by atoms with Crippen LogP contribution < -0.4 is 5.32 Å². The fraction of sp³-hybridized carbons (Fsp3) is 0.429. The second kappa shape index (κ2) is 8.26. The normalized spacial score (nSPS) is 10.4. The predicted molar refractivity (Wildman–Crippen MR) is 73.0 cm³/mol. The van der Waals surface area contributed by atoms with E-state index in [1.807, 2.05) is 30.3 Å². The van der Waals surface area contributed by atoms with E-state index in [4.69, 9.17) is 5.11 Å². The number of amides is 1. The Morgan fingerprint density at radius 2 is 1.89 bits per heavy atom. The first-order valence-corrected chi connectivity index (χ1v) is 6.30. The lowest BCUT2D eigenvalue weighted by Gasteiger charge is -2.21. The molecular weight excluding hydrogens is 244 g/mol. The second-order valence-electron chi connectivity index (χ2n) is 4.45. The Hall–Kier alpha value is -1.88. The van der Waals surface area contributed by atoms with Crippen LogP contribution in [0, 0.1) is 0 Å². The summed E-state index contributed by atoms with van der Waals surface area (Å²) in [6, 6.07) is 9.92. The zero-order chi connectivity index (χ0) is 14.1. The van der Waals surface area contributed by atoms with Gasteiger partial charge in [-0.25, -0.2) is 4.79 Å². The number of rotatable bonds is 8. The van der Waals surface area contributed by atoms with Crippen molar-refractivity contribution in [2.45, 2.75) is 19.9 Å². The van der Waals surface area contributed by atoms with Crippen LogP contribution in [0.15, 0.2) is 30.3 Å². The highest BCUT2D eigenvalue weighted by Gasteiger charge is 2.07. The van der Waals surface area contributed by atoms with E-state index in [1.165, 1.54) is 0 Å². The minimum atomic E-state index is -1.02. The highest BCUT2D eigenvalue weighted by molar-refractivity contribution is 5.75. The fourth-order valence-electron chi connectivity index (χ4n) is 1.75. The smallest absolute Gasteiger partial charge is 0.404 e. The van der Waals surface area contributed by atoms with Crippen molar-refractivity contribution in [3.8, 4) is 0 Å². The van der Waals surface area contributed by atoms with Crippen molar-refractivity contribution < 1.29 is 14.7 Å². The van der Waals surface area contributed by atoms with Crippen LogP contribution >= 0.6 is 0 Å². The van der Waals surface area contributed by atoms with Crippen molar-refractivity contribution in [3.63, 3.8) is 0 Å². The number of hydrogen-bond donors (Lipinski definition) is 2. The molecule has 0 aliphatic carbocycles. The largest absolute Gasteiger partial charge is 0.465 e. The summed E-state index contributed by atoms with van der Waals surface area (Å²) in [5.74, 6) is 0.143. The third-order valence-corrected chi connectivity index (χ3v) is 2.73. The molecule has 0 saturated heterocycles. The average Bonchev–Trinajstić information content (AvgIpc) is 2.36. The van der Waals surface area contributed by atoms with Gasteiger partial charge in [-0.05, 0) is 12.5 Å². The zero-order valence-electron chi connectivity index (χ0n) is 11.1. The van der Waals surface area contributed by atoms with Gasteiger partial charge in [-0.3, -0.25) is 9.69 Å². The Morgan fingerprint density at radius 3 is 2.47 bits per heavy atom. The molecule has 5 nitrogen and oxygen atoms in total. The van der Waals surface area contributed by atoms with Crippen LogP contribution in [0.3, 0.4) is 0 Å².